The number of carbonyl (C=O) groups excluding carboxylic acids is 1. The SMILES string of the molecule is CCCC(=O)c1ccc(NC(c2ccc[nH]2)S(=O)(=O)c2ccc(C)cc2)cc1. The quantitative estimate of drug-likeness (QED) is 0.531. The molecule has 1 heterocycles. The van der Waals surface area contributed by atoms with Gasteiger partial charge in [-0.2, -0.15) is 0 Å². The molecule has 0 aliphatic carbocycles. The molecule has 0 fully saturated rings. The summed E-state index contributed by atoms with van der Waals surface area (Å²) in [5.41, 5.74) is 2.80. The third kappa shape index (κ3) is 4.34. The number of nitrogens with one attached hydrogen (secondary N) is 2. The first-order valence-electron chi connectivity index (χ1n) is 9.25. The van der Waals surface area contributed by atoms with Crippen molar-refractivity contribution in [2.75, 3.05) is 5.32 Å². The van der Waals surface area contributed by atoms with Crippen molar-refractivity contribution in [3.63, 3.8) is 0 Å². The van der Waals surface area contributed by atoms with E-state index in [1.54, 1.807) is 66.9 Å². The summed E-state index contributed by atoms with van der Waals surface area (Å²) in [4.78, 5) is 15.3. The maximum absolute atomic E-state index is 13.3. The Kier molecular flexibility index (Phi) is 5.99. The lowest BCUT2D eigenvalue weighted by molar-refractivity contribution is 0.0981. The molecule has 1 unspecified atom stereocenters. The number of ketones is 1. The Labute approximate surface area is 165 Å². The Bertz CT molecular complexity index is 1020. The first-order chi connectivity index (χ1) is 13.4. The molecule has 3 rings (SSSR count). The Morgan fingerprint density at radius 2 is 1.71 bits per heavy atom. The van der Waals surface area contributed by atoms with Crippen LogP contribution in [0.2, 0.25) is 0 Å². The fourth-order valence-corrected chi connectivity index (χ4v) is 4.53. The van der Waals surface area contributed by atoms with Crippen LogP contribution in [0.4, 0.5) is 5.69 Å². The van der Waals surface area contributed by atoms with E-state index < -0.39 is 15.2 Å². The number of carbonyl (C=O) groups is 1. The van der Waals surface area contributed by atoms with E-state index in [0.717, 1.165) is 12.0 Å². The molecule has 1 aromatic heterocycles. The molecule has 0 aliphatic heterocycles. The van der Waals surface area contributed by atoms with Crippen LogP contribution in [0, 0.1) is 6.92 Å². The molecule has 28 heavy (non-hydrogen) atoms. The second-order valence-corrected chi connectivity index (χ2v) is 8.79. The first kappa shape index (κ1) is 19.9. The predicted molar refractivity (Wildman–Crippen MR) is 111 cm³/mol. The largest absolute Gasteiger partial charge is 0.364 e. The van der Waals surface area contributed by atoms with Crippen LogP contribution in [-0.2, 0) is 9.84 Å². The monoisotopic (exact) mass is 396 g/mol. The fraction of sp³-hybridized carbons (Fsp3) is 0.227. The van der Waals surface area contributed by atoms with E-state index in [0.29, 0.717) is 23.4 Å². The third-order valence-electron chi connectivity index (χ3n) is 4.55. The van der Waals surface area contributed by atoms with Crippen molar-refractivity contribution < 1.29 is 13.2 Å². The van der Waals surface area contributed by atoms with Crippen molar-refractivity contribution in [1.82, 2.24) is 4.98 Å². The zero-order valence-corrected chi connectivity index (χ0v) is 16.8. The highest BCUT2D eigenvalue weighted by Gasteiger charge is 2.30. The summed E-state index contributed by atoms with van der Waals surface area (Å²) >= 11 is 0. The molecular formula is C22H24N2O3S. The van der Waals surface area contributed by atoms with Gasteiger partial charge >= 0.3 is 0 Å². The second-order valence-electron chi connectivity index (χ2n) is 6.76. The molecule has 5 nitrogen and oxygen atoms in total. The number of H-pyrrole nitrogens is 1. The van der Waals surface area contributed by atoms with Crippen molar-refractivity contribution in [2.45, 2.75) is 37.0 Å². The summed E-state index contributed by atoms with van der Waals surface area (Å²) in [6.45, 7) is 3.88. The predicted octanol–water partition coefficient (Wildman–Crippen LogP) is 4.89. The topological polar surface area (TPSA) is 79.0 Å². The summed E-state index contributed by atoms with van der Waals surface area (Å²) in [6.07, 6.45) is 2.99. The highest BCUT2D eigenvalue weighted by atomic mass is 32.2. The molecule has 2 aromatic carbocycles. The first-order valence-corrected chi connectivity index (χ1v) is 10.8. The number of rotatable bonds is 8. The standard InChI is InChI=1S/C22H24N2O3S/c1-3-5-21(25)17-9-11-18(12-10-17)24-22(20-6-4-15-23-20)28(26,27)19-13-7-16(2)8-14-19/h4,6-15,22-24H,3,5H2,1-2H3. The van der Waals surface area contributed by atoms with E-state index in [-0.39, 0.29) is 10.7 Å². The zero-order chi connectivity index (χ0) is 20.1. The normalized spacial score (nSPS) is 12.5. The number of hydrogen-bond acceptors (Lipinski definition) is 4. The van der Waals surface area contributed by atoms with Gasteiger partial charge in [-0.15, -0.1) is 0 Å². The zero-order valence-electron chi connectivity index (χ0n) is 16.0. The van der Waals surface area contributed by atoms with Gasteiger partial charge in [0.25, 0.3) is 0 Å². The molecular weight excluding hydrogens is 372 g/mol. The Balaban J connectivity index is 1.92. The van der Waals surface area contributed by atoms with Crippen molar-refractivity contribution in [1.29, 1.82) is 0 Å². The number of Topliss-reactive ketones (excluding diaryl/α,β-unsaturated/α-hetero) is 1. The number of anilines is 1. The number of sulfone groups is 1. The van der Waals surface area contributed by atoms with Gasteiger partial charge in [0.05, 0.1) is 10.6 Å². The summed E-state index contributed by atoms with van der Waals surface area (Å²) in [7, 11) is -3.68. The lowest BCUT2D eigenvalue weighted by atomic mass is 10.1. The van der Waals surface area contributed by atoms with Gasteiger partial charge in [0.15, 0.2) is 11.2 Å². The summed E-state index contributed by atoms with van der Waals surface area (Å²) in [5, 5.41) is 2.13. The highest BCUT2D eigenvalue weighted by Crippen LogP contribution is 2.30. The molecule has 3 aromatic rings. The van der Waals surface area contributed by atoms with E-state index in [1.807, 2.05) is 13.8 Å². The molecule has 0 amide bonds. The average Bonchev–Trinajstić information content (AvgIpc) is 3.21. The van der Waals surface area contributed by atoms with Gasteiger partial charge in [-0.1, -0.05) is 24.6 Å². The lowest BCUT2D eigenvalue weighted by Gasteiger charge is -2.20. The molecule has 0 spiro atoms. The van der Waals surface area contributed by atoms with Gasteiger partial charge in [-0.3, -0.25) is 4.79 Å². The van der Waals surface area contributed by atoms with Crippen molar-refractivity contribution >= 4 is 21.3 Å². The van der Waals surface area contributed by atoms with Gasteiger partial charge in [0, 0.05) is 23.9 Å². The summed E-state index contributed by atoms with van der Waals surface area (Å²) < 4.78 is 26.5. The van der Waals surface area contributed by atoms with E-state index in [1.165, 1.54) is 0 Å². The number of aromatic amines is 1. The van der Waals surface area contributed by atoms with Crippen LogP contribution in [0.5, 0.6) is 0 Å². The lowest BCUT2D eigenvalue weighted by Crippen LogP contribution is -2.22. The average molecular weight is 397 g/mol. The van der Waals surface area contributed by atoms with Gasteiger partial charge in [0.1, 0.15) is 0 Å². The minimum atomic E-state index is -3.68. The fourth-order valence-electron chi connectivity index (χ4n) is 2.97. The minimum absolute atomic E-state index is 0.0854. The van der Waals surface area contributed by atoms with E-state index in [9.17, 15) is 13.2 Å². The molecule has 146 valence electrons. The van der Waals surface area contributed by atoms with E-state index >= 15 is 0 Å². The Morgan fingerprint density at radius 3 is 2.29 bits per heavy atom. The van der Waals surface area contributed by atoms with Gasteiger partial charge in [-0.05, 0) is 61.9 Å². The molecule has 0 bridgehead atoms. The Hall–Kier alpha value is -2.86. The van der Waals surface area contributed by atoms with Crippen molar-refractivity contribution in [3.8, 4) is 0 Å². The molecule has 2 N–H and O–H groups in total. The molecule has 1 atom stereocenters. The molecule has 0 radical (unpaired) electrons. The smallest absolute Gasteiger partial charge is 0.204 e. The molecule has 0 saturated carbocycles. The van der Waals surface area contributed by atoms with E-state index in [2.05, 4.69) is 10.3 Å². The Morgan fingerprint density at radius 1 is 1.04 bits per heavy atom. The van der Waals surface area contributed by atoms with Crippen LogP contribution in [0.3, 0.4) is 0 Å². The number of benzene rings is 2. The van der Waals surface area contributed by atoms with Gasteiger partial charge in [0.2, 0.25) is 9.84 Å². The molecule has 0 saturated heterocycles. The minimum Gasteiger partial charge on any atom is -0.364 e. The maximum Gasteiger partial charge on any atom is 0.204 e. The molecule has 0 aliphatic rings. The number of aromatic nitrogens is 1. The second kappa shape index (κ2) is 8.44. The van der Waals surface area contributed by atoms with Crippen LogP contribution in [0.1, 0.15) is 46.8 Å². The van der Waals surface area contributed by atoms with Crippen LogP contribution in [-0.4, -0.2) is 19.2 Å². The highest BCUT2D eigenvalue weighted by molar-refractivity contribution is 7.91. The number of hydrogen-bond donors (Lipinski definition) is 2. The van der Waals surface area contributed by atoms with Crippen LogP contribution >= 0.6 is 0 Å². The van der Waals surface area contributed by atoms with Crippen molar-refractivity contribution in [3.05, 3.63) is 83.7 Å². The summed E-state index contributed by atoms with van der Waals surface area (Å²) in [5.74, 6) is 0.0854. The van der Waals surface area contributed by atoms with Gasteiger partial charge in [-0.25, -0.2) is 8.42 Å². The van der Waals surface area contributed by atoms with E-state index in [4.69, 9.17) is 0 Å². The van der Waals surface area contributed by atoms with Crippen molar-refractivity contribution in [2.24, 2.45) is 0 Å². The molecule has 6 heteroatoms. The third-order valence-corrected chi connectivity index (χ3v) is 6.47. The van der Waals surface area contributed by atoms with Crippen LogP contribution in [0.15, 0.2) is 71.8 Å². The maximum atomic E-state index is 13.3. The summed E-state index contributed by atoms with van der Waals surface area (Å²) in [6, 6.07) is 17.2. The number of aryl methyl sites for hydroxylation is 1. The van der Waals surface area contributed by atoms with Crippen LogP contribution < -0.4 is 5.32 Å². The van der Waals surface area contributed by atoms with Gasteiger partial charge < -0.3 is 10.3 Å². The van der Waals surface area contributed by atoms with Crippen LogP contribution in [0.25, 0.3) is 0 Å².